The Morgan fingerprint density at radius 2 is 1.82 bits per heavy atom. The number of alkyl halides is 2. The summed E-state index contributed by atoms with van der Waals surface area (Å²) in [5.74, 6) is 0.868. The van der Waals surface area contributed by atoms with E-state index < -0.39 is 12.5 Å². The molecule has 0 aliphatic heterocycles. The summed E-state index contributed by atoms with van der Waals surface area (Å²) >= 11 is 1.14. The fraction of sp³-hybridized carbons (Fsp3) is 0.250. The number of ether oxygens (including phenoxy) is 2. The second-order valence-electron chi connectivity index (χ2n) is 8.31. The first-order valence-electron chi connectivity index (χ1n) is 10.2. The first kappa shape index (κ1) is 22.7. The Hall–Kier alpha value is -3.46. The first-order chi connectivity index (χ1) is 15.7. The van der Waals surface area contributed by atoms with Crippen LogP contribution in [0.4, 0.5) is 13.9 Å². The van der Waals surface area contributed by atoms with Gasteiger partial charge in [0.1, 0.15) is 23.9 Å². The van der Waals surface area contributed by atoms with Gasteiger partial charge in [0.15, 0.2) is 10.9 Å². The predicted octanol–water partition coefficient (Wildman–Crippen LogP) is 6.62. The molecule has 2 aromatic carbocycles. The molecule has 0 saturated carbocycles. The van der Waals surface area contributed by atoms with Crippen LogP contribution < -0.4 is 14.8 Å². The molecule has 2 heterocycles. The lowest BCUT2D eigenvalue weighted by atomic mass is 9.87. The zero-order valence-electron chi connectivity index (χ0n) is 18.2. The number of nitrogens with one attached hydrogen (secondary N) is 1. The third-order valence-electron chi connectivity index (χ3n) is 4.79. The molecule has 1 N–H and O–H groups in total. The van der Waals surface area contributed by atoms with E-state index in [9.17, 15) is 13.6 Å². The van der Waals surface area contributed by atoms with E-state index in [4.69, 9.17) is 9.15 Å². The lowest BCUT2D eigenvalue weighted by Crippen LogP contribution is -2.10. The summed E-state index contributed by atoms with van der Waals surface area (Å²) in [6.07, 6.45) is 0. The van der Waals surface area contributed by atoms with E-state index in [0.29, 0.717) is 26.9 Å². The van der Waals surface area contributed by atoms with Crippen LogP contribution in [0.25, 0.3) is 10.2 Å². The number of rotatable bonds is 7. The Labute approximate surface area is 193 Å². The second-order valence-corrected chi connectivity index (χ2v) is 9.34. The smallest absolute Gasteiger partial charge is 0.387 e. The number of hydrogen-bond donors (Lipinski definition) is 1. The van der Waals surface area contributed by atoms with Gasteiger partial charge in [0, 0.05) is 0 Å². The van der Waals surface area contributed by atoms with Crippen molar-refractivity contribution in [2.75, 3.05) is 5.32 Å². The minimum absolute atomic E-state index is 0.0303. The molecule has 0 saturated heterocycles. The zero-order chi connectivity index (χ0) is 23.6. The van der Waals surface area contributed by atoms with Crippen LogP contribution in [0.2, 0.25) is 0 Å². The molecule has 0 aliphatic rings. The number of furan rings is 1. The van der Waals surface area contributed by atoms with E-state index in [0.717, 1.165) is 11.3 Å². The molecular weight excluding hydrogens is 450 g/mol. The van der Waals surface area contributed by atoms with Crippen molar-refractivity contribution in [2.24, 2.45) is 0 Å². The quantitative estimate of drug-likeness (QED) is 0.327. The van der Waals surface area contributed by atoms with E-state index in [2.05, 4.69) is 35.8 Å². The van der Waals surface area contributed by atoms with Gasteiger partial charge in [0.25, 0.3) is 5.91 Å². The van der Waals surface area contributed by atoms with E-state index >= 15 is 0 Å². The van der Waals surface area contributed by atoms with Crippen molar-refractivity contribution in [1.82, 2.24) is 4.98 Å². The Bertz CT molecular complexity index is 1260. The minimum Gasteiger partial charge on any atom is -0.486 e. The number of benzene rings is 2. The van der Waals surface area contributed by atoms with Gasteiger partial charge < -0.3 is 13.9 Å². The van der Waals surface area contributed by atoms with Crippen molar-refractivity contribution < 1.29 is 27.5 Å². The molecule has 9 heteroatoms. The predicted molar refractivity (Wildman–Crippen MR) is 122 cm³/mol. The maximum Gasteiger partial charge on any atom is 0.387 e. The Morgan fingerprint density at radius 3 is 2.52 bits per heavy atom. The van der Waals surface area contributed by atoms with E-state index in [1.807, 2.05) is 24.3 Å². The maximum absolute atomic E-state index is 12.5. The molecule has 33 heavy (non-hydrogen) atoms. The molecule has 0 fully saturated rings. The van der Waals surface area contributed by atoms with Crippen LogP contribution in [-0.2, 0) is 12.0 Å². The molecule has 0 bridgehead atoms. The molecule has 0 spiro atoms. The molecule has 0 atom stereocenters. The summed E-state index contributed by atoms with van der Waals surface area (Å²) in [5, 5.41) is 2.98. The number of carbonyl (C=O) groups is 1. The van der Waals surface area contributed by atoms with Gasteiger partial charge in [-0.1, -0.05) is 44.2 Å². The van der Waals surface area contributed by atoms with E-state index in [1.54, 1.807) is 18.2 Å². The lowest BCUT2D eigenvalue weighted by molar-refractivity contribution is -0.0497. The van der Waals surface area contributed by atoms with Crippen LogP contribution in [0, 0.1) is 0 Å². The van der Waals surface area contributed by atoms with E-state index in [-0.39, 0.29) is 23.5 Å². The summed E-state index contributed by atoms with van der Waals surface area (Å²) in [6, 6.07) is 15.5. The van der Waals surface area contributed by atoms with Gasteiger partial charge in [0.05, 0.1) is 10.2 Å². The Kier molecular flexibility index (Phi) is 6.33. The zero-order valence-corrected chi connectivity index (χ0v) is 19.0. The minimum atomic E-state index is -2.91. The molecule has 6 nitrogen and oxygen atoms in total. The van der Waals surface area contributed by atoms with Gasteiger partial charge in [-0.2, -0.15) is 8.78 Å². The maximum atomic E-state index is 12.5. The lowest BCUT2D eigenvalue weighted by Gasteiger charge is -2.19. The normalized spacial score (nSPS) is 11.7. The van der Waals surface area contributed by atoms with Gasteiger partial charge in [-0.05, 0) is 53.4 Å². The van der Waals surface area contributed by atoms with Crippen molar-refractivity contribution in [3.05, 3.63) is 71.7 Å². The van der Waals surface area contributed by atoms with Gasteiger partial charge in [-0.3, -0.25) is 10.1 Å². The molecule has 0 unspecified atom stereocenters. The third kappa shape index (κ3) is 5.67. The summed E-state index contributed by atoms with van der Waals surface area (Å²) in [5.41, 5.74) is 1.83. The average Bonchev–Trinajstić information content (AvgIpc) is 3.38. The summed E-state index contributed by atoms with van der Waals surface area (Å²) in [7, 11) is 0. The number of fused-ring (bicyclic) bond motifs is 1. The monoisotopic (exact) mass is 472 g/mol. The van der Waals surface area contributed by atoms with Crippen LogP contribution in [0.3, 0.4) is 0 Å². The van der Waals surface area contributed by atoms with Gasteiger partial charge >= 0.3 is 6.61 Å². The molecule has 4 aromatic rings. The molecule has 0 aliphatic carbocycles. The van der Waals surface area contributed by atoms with Crippen LogP contribution in [-0.4, -0.2) is 17.5 Å². The number of carbonyl (C=O) groups excluding carboxylic acids is 1. The van der Waals surface area contributed by atoms with Crippen molar-refractivity contribution in [3.8, 4) is 11.5 Å². The first-order valence-corrected chi connectivity index (χ1v) is 11.0. The van der Waals surface area contributed by atoms with Gasteiger partial charge in [0.2, 0.25) is 0 Å². The Morgan fingerprint density at radius 1 is 1.09 bits per heavy atom. The number of hydrogen-bond acceptors (Lipinski definition) is 6. The number of aromatic nitrogens is 1. The second kappa shape index (κ2) is 9.19. The fourth-order valence-electron chi connectivity index (χ4n) is 3.08. The number of halogens is 2. The molecule has 2 aromatic heterocycles. The number of anilines is 1. The van der Waals surface area contributed by atoms with Crippen molar-refractivity contribution in [1.29, 1.82) is 0 Å². The Balaban J connectivity index is 1.36. The highest BCUT2D eigenvalue weighted by Gasteiger charge is 2.16. The molecule has 1 amide bonds. The van der Waals surface area contributed by atoms with Crippen molar-refractivity contribution in [3.63, 3.8) is 0 Å². The number of nitrogens with zero attached hydrogens (tertiary/aromatic N) is 1. The topological polar surface area (TPSA) is 73.6 Å². The largest absolute Gasteiger partial charge is 0.486 e. The molecular formula is C24H22F2N2O4S. The van der Waals surface area contributed by atoms with E-state index in [1.165, 1.54) is 17.7 Å². The molecule has 4 rings (SSSR count). The standard InChI is InChI=1S/C24H22F2N2O4S/c1-24(2,3)14-4-6-15(7-5-14)30-13-17-9-11-19(31-17)21(29)28-23-27-18-10-8-16(32-22(25)26)12-20(18)33-23/h4-12,22H,13H2,1-3H3,(H,27,28,29). The highest BCUT2D eigenvalue weighted by Crippen LogP contribution is 2.30. The van der Waals surface area contributed by atoms with Crippen LogP contribution in [0.5, 0.6) is 11.5 Å². The SMILES string of the molecule is CC(C)(C)c1ccc(OCc2ccc(C(=O)Nc3nc4ccc(OC(F)F)cc4s3)o2)cc1. The van der Waals surface area contributed by atoms with Crippen LogP contribution >= 0.6 is 11.3 Å². The van der Waals surface area contributed by atoms with Crippen molar-refractivity contribution >= 4 is 32.6 Å². The van der Waals surface area contributed by atoms with Crippen LogP contribution in [0.15, 0.2) is 59.0 Å². The number of thiazole rings is 1. The summed E-state index contributed by atoms with van der Waals surface area (Å²) in [4.78, 5) is 16.8. The van der Waals surface area contributed by atoms with Gasteiger partial charge in [-0.15, -0.1) is 0 Å². The highest BCUT2D eigenvalue weighted by molar-refractivity contribution is 7.22. The molecule has 0 radical (unpaired) electrons. The number of amides is 1. The summed E-state index contributed by atoms with van der Waals surface area (Å²) < 4.78 is 41.1. The molecule has 172 valence electrons. The van der Waals surface area contributed by atoms with Crippen molar-refractivity contribution in [2.45, 2.75) is 39.4 Å². The highest BCUT2D eigenvalue weighted by atomic mass is 32.1. The third-order valence-corrected chi connectivity index (χ3v) is 5.73. The summed E-state index contributed by atoms with van der Waals surface area (Å²) in [6.45, 7) is 3.70. The average molecular weight is 473 g/mol. The van der Waals surface area contributed by atoms with Crippen LogP contribution in [0.1, 0.15) is 42.6 Å². The fourth-order valence-corrected chi connectivity index (χ4v) is 3.97. The van der Waals surface area contributed by atoms with Gasteiger partial charge in [-0.25, -0.2) is 4.98 Å².